The summed E-state index contributed by atoms with van der Waals surface area (Å²) in [6, 6.07) is 5.98. The van der Waals surface area contributed by atoms with Gasteiger partial charge in [-0.15, -0.1) is 0 Å². The Morgan fingerprint density at radius 2 is 2.16 bits per heavy atom. The summed E-state index contributed by atoms with van der Waals surface area (Å²) in [5, 5.41) is 3.44. The molecule has 1 fully saturated rings. The molecule has 1 N–H and O–H groups in total. The SMILES string of the molecule is Cc1nc2cc(NCC3CCC(=O)CC3)ccc2o1. The molecule has 1 saturated carbocycles. The number of Topliss-reactive ketones (excluding diaryl/α,β-unsaturated/α-hetero) is 1. The van der Waals surface area contributed by atoms with Crippen molar-refractivity contribution in [3.05, 3.63) is 24.1 Å². The number of fused-ring (bicyclic) bond motifs is 1. The van der Waals surface area contributed by atoms with Gasteiger partial charge in [-0.25, -0.2) is 4.98 Å². The van der Waals surface area contributed by atoms with Gasteiger partial charge in [0.15, 0.2) is 11.5 Å². The number of anilines is 1. The second kappa shape index (κ2) is 5.03. The van der Waals surface area contributed by atoms with Crippen molar-refractivity contribution in [2.75, 3.05) is 11.9 Å². The minimum atomic E-state index is 0.413. The molecule has 19 heavy (non-hydrogen) atoms. The normalized spacial score (nSPS) is 17.0. The first kappa shape index (κ1) is 12.2. The molecule has 1 aromatic carbocycles. The second-order valence-corrected chi connectivity index (χ2v) is 5.28. The third-order valence-corrected chi connectivity index (χ3v) is 3.75. The zero-order valence-electron chi connectivity index (χ0n) is 11.1. The van der Waals surface area contributed by atoms with Gasteiger partial charge in [-0.1, -0.05) is 0 Å². The van der Waals surface area contributed by atoms with Crippen LogP contribution in [0.5, 0.6) is 0 Å². The number of benzene rings is 1. The number of hydrogen-bond acceptors (Lipinski definition) is 4. The Morgan fingerprint density at radius 1 is 1.37 bits per heavy atom. The van der Waals surface area contributed by atoms with E-state index in [1.165, 1.54) is 0 Å². The molecule has 3 rings (SSSR count). The first-order chi connectivity index (χ1) is 9.20. The van der Waals surface area contributed by atoms with E-state index in [0.29, 0.717) is 17.6 Å². The monoisotopic (exact) mass is 258 g/mol. The summed E-state index contributed by atoms with van der Waals surface area (Å²) < 4.78 is 5.45. The molecule has 0 bridgehead atoms. The van der Waals surface area contributed by atoms with Gasteiger partial charge in [0.25, 0.3) is 0 Å². The van der Waals surface area contributed by atoms with Crippen LogP contribution >= 0.6 is 0 Å². The Balaban J connectivity index is 1.63. The van der Waals surface area contributed by atoms with E-state index in [0.717, 1.165) is 49.0 Å². The van der Waals surface area contributed by atoms with Crippen molar-refractivity contribution in [3.8, 4) is 0 Å². The minimum absolute atomic E-state index is 0.413. The summed E-state index contributed by atoms with van der Waals surface area (Å²) in [4.78, 5) is 15.5. The van der Waals surface area contributed by atoms with Gasteiger partial charge in [0, 0.05) is 32.0 Å². The van der Waals surface area contributed by atoms with Gasteiger partial charge in [-0.2, -0.15) is 0 Å². The van der Waals surface area contributed by atoms with Crippen molar-refractivity contribution in [2.45, 2.75) is 32.6 Å². The molecule has 1 heterocycles. The number of carbonyl (C=O) groups excluding carboxylic acids is 1. The average molecular weight is 258 g/mol. The standard InChI is InChI=1S/C15H18N2O2/c1-10-17-14-8-12(4-7-15(14)19-10)16-9-11-2-5-13(18)6-3-11/h4,7-8,11,16H,2-3,5-6,9H2,1H3. The van der Waals surface area contributed by atoms with Crippen molar-refractivity contribution in [1.82, 2.24) is 4.98 Å². The van der Waals surface area contributed by atoms with Gasteiger partial charge in [-0.05, 0) is 37.0 Å². The molecule has 0 atom stereocenters. The number of rotatable bonds is 3. The molecular formula is C15H18N2O2. The van der Waals surface area contributed by atoms with Crippen molar-refractivity contribution in [3.63, 3.8) is 0 Å². The molecule has 0 unspecified atom stereocenters. The number of oxazole rings is 1. The van der Waals surface area contributed by atoms with E-state index in [4.69, 9.17) is 4.42 Å². The number of ketones is 1. The Bertz CT molecular complexity index is 593. The van der Waals surface area contributed by atoms with Gasteiger partial charge in [0.05, 0.1) is 0 Å². The minimum Gasteiger partial charge on any atom is -0.441 e. The van der Waals surface area contributed by atoms with Gasteiger partial charge in [0.2, 0.25) is 0 Å². The molecule has 1 aliphatic rings. The molecule has 0 radical (unpaired) electrons. The van der Waals surface area contributed by atoms with Crippen LogP contribution in [0.15, 0.2) is 22.6 Å². The van der Waals surface area contributed by atoms with Crippen molar-refractivity contribution in [2.24, 2.45) is 5.92 Å². The maximum absolute atomic E-state index is 11.2. The molecule has 0 spiro atoms. The third-order valence-electron chi connectivity index (χ3n) is 3.75. The molecule has 0 saturated heterocycles. The van der Waals surface area contributed by atoms with E-state index >= 15 is 0 Å². The number of aromatic nitrogens is 1. The van der Waals surface area contributed by atoms with Crippen LogP contribution in [0, 0.1) is 12.8 Å². The molecule has 1 aliphatic carbocycles. The number of aryl methyl sites for hydroxylation is 1. The molecule has 1 aromatic heterocycles. The highest BCUT2D eigenvalue weighted by molar-refractivity contribution is 5.79. The van der Waals surface area contributed by atoms with Crippen LogP contribution in [0.1, 0.15) is 31.6 Å². The van der Waals surface area contributed by atoms with Crippen molar-refractivity contribution >= 4 is 22.6 Å². The van der Waals surface area contributed by atoms with Crippen LogP contribution < -0.4 is 5.32 Å². The zero-order valence-corrected chi connectivity index (χ0v) is 11.1. The Kier molecular flexibility index (Phi) is 3.23. The highest BCUT2D eigenvalue weighted by atomic mass is 16.3. The van der Waals surface area contributed by atoms with Crippen molar-refractivity contribution in [1.29, 1.82) is 0 Å². The highest BCUT2D eigenvalue weighted by Crippen LogP contribution is 2.23. The average Bonchev–Trinajstić information content (AvgIpc) is 2.77. The first-order valence-corrected chi connectivity index (χ1v) is 6.83. The van der Waals surface area contributed by atoms with Crippen LogP contribution in [-0.4, -0.2) is 17.3 Å². The molecule has 100 valence electrons. The van der Waals surface area contributed by atoms with Crippen LogP contribution in [0.4, 0.5) is 5.69 Å². The van der Waals surface area contributed by atoms with Crippen LogP contribution in [0.2, 0.25) is 0 Å². The van der Waals surface area contributed by atoms with E-state index in [-0.39, 0.29) is 0 Å². The molecular weight excluding hydrogens is 240 g/mol. The highest BCUT2D eigenvalue weighted by Gasteiger charge is 2.18. The van der Waals surface area contributed by atoms with E-state index in [2.05, 4.69) is 10.3 Å². The van der Waals surface area contributed by atoms with Gasteiger partial charge >= 0.3 is 0 Å². The predicted octanol–water partition coefficient (Wildman–Crippen LogP) is 3.31. The molecule has 2 aromatic rings. The van der Waals surface area contributed by atoms with Gasteiger partial charge in [-0.3, -0.25) is 4.79 Å². The summed E-state index contributed by atoms with van der Waals surface area (Å²) in [7, 11) is 0. The maximum Gasteiger partial charge on any atom is 0.192 e. The smallest absolute Gasteiger partial charge is 0.192 e. The number of carbonyl (C=O) groups is 1. The van der Waals surface area contributed by atoms with E-state index in [9.17, 15) is 4.79 Å². The predicted molar refractivity (Wildman–Crippen MR) is 74.2 cm³/mol. The summed E-state index contributed by atoms with van der Waals surface area (Å²) in [5.74, 6) is 1.71. The molecule has 4 nitrogen and oxygen atoms in total. The quantitative estimate of drug-likeness (QED) is 0.917. The number of hydrogen-bond donors (Lipinski definition) is 1. The van der Waals surface area contributed by atoms with Gasteiger partial charge in [0.1, 0.15) is 11.3 Å². The van der Waals surface area contributed by atoms with E-state index < -0.39 is 0 Å². The topological polar surface area (TPSA) is 55.1 Å². The van der Waals surface area contributed by atoms with Crippen LogP contribution in [0.3, 0.4) is 0 Å². The lowest BCUT2D eigenvalue weighted by Crippen LogP contribution is -2.20. The van der Waals surface area contributed by atoms with Gasteiger partial charge < -0.3 is 9.73 Å². The number of nitrogens with one attached hydrogen (secondary N) is 1. The fourth-order valence-corrected chi connectivity index (χ4v) is 2.62. The Hall–Kier alpha value is -1.84. The molecule has 4 heteroatoms. The lowest BCUT2D eigenvalue weighted by Gasteiger charge is -2.21. The van der Waals surface area contributed by atoms with Crippen LogP contribution in [-0.2, 0) is 4.79 Å². The second-order valence-electron chi connectivity index (χ2n) is 5.28. The lowest BCUT2D eigenvalue weighted by atomic mass is 9.88. The summed E-state index contributed by atoms with van der Waals surface area (Å²) in [6.45, 7) is 2.78. The Morgan fingerprint density at radius 3 is 2.95 bits per heavy atom. The van der Waals surface area contributed by atoms with E-state index in [1.54, 1.807) is 0 Å². The summed E-state index contributed by atoms with van der Waals surface area (Å²) >= 11 is 0. The zero-order chi connectivity index (χ0) is 13.2. The van der Waals surface area contributed by atoms with Crippen LogP contribution in [0.25, 0.3) is 11.1 Å². The lowest BCUT2D eigenvalue weighted by molar-refractivity contribution is -0.120. The largest absolute Gasteiger partial charge is 0.441 e. The first-order valence-electron chi connectivity index (χ1n) is 6.83. The van der Waals surface area contributed by atoms with Crippen molar-refractivity contribution < 1.29 is 9.21 Å². The third kappa shape index (κ3) is 2.78. The summed E-state index contributed by atoms with van der Waals surface area (Å²) in [5.41, 5.74) is 2.78. The maximum atomic E-state index is 11.2. The fraction of sp³-hybridized carbons (Fsp3) is 0.467. The Labute approximate surface area is 112 Å². The fourth-order valence-electron chi connectivity index (χ4n) is 2.62. The van der Waals surface area contributed by atoms with E-state index in [1.807, 2.05) is 25.1 Å². The number of nitrogens with zero attached hydrogens (tertiary/aromatic N) is 1. The molecule has 0 amide bonds. The molecule has 0 aliphatic heterocycles. The summed E-state index contributed by atoms with van der Waals surface area (Å²) in [6.07, 6.45) is 3.51.